The van der Waals surface area contributed by atoms with Crippen LogP contribution in [-0.4, -0.2) is 59.5 Å². The lowest BCUT2D eigenvalue weighted by Gasteiger charge is -2.48. The van der Waals surface area contributed by atoms with E-state index in [2.05, 4.69) is 0 Å². The molecule has 2 N–H and O–H groups in total. The molecule has 8 aromatic carbocycles. The molecule has 8 aromatic rings. The second kappa shape index (κ2) is 19.4. The number of phenols is 2. The molecular weight excluding hydrogens is 945 g/mol. The number of esters is 2. The summed E-state index contributed by atoms with van der Waals surface area (Å²) in [6.45, 7) is -0.0327. The number of fused-ring (bicyclic) bond motifs is 3. The molecule has 4 aliphatic heterocycles. The number of phenolic OH excluding ortho intramolecular Hbond substituents is 2. The SMILES string of the molecule is O=C(O[C@@H]1[C@@H](OC(=O)c2cc(O)c3c(c2)OC(c2ccccc2)(c2ccccc2)O3)[C@H](OCc2ccccc2)O[C@@H]2CO[C@@H](c3ccccc3)O[C@@H]12)c1cc(O)c2c(c1)OC(c1ccccc1)(c1ccccc1)O2. The molecule has 0 unspecified atom stereocenters. The van der Waals surface area contributed by atoms with Crippen LogP contribution in [0.15, 0.2) is 206 Å². The second-order valence-corrected chi connectivity index (χ2v) is 18.0. The van der Waals surface area contributed by atoms with Crippen LogP contribution < -0.4 is 18.9 Å². The van der Waals surface area contributed by atoms with Gasteiger partial charge in [-0.3, -0.25) is 0 Å². The van der Waals surface area contributed by atoms with Crippen LogP contribution in [0.4, 0.5) is 0 Å². The van der Waals surface area contributed by atoms with E-state index < -0.39 is 72.0 Å². The highest BCUT2D eigenvalue weighted by Crippen LogP contribution is 2.54. The summed E-state index contributed by atoms with van der Waals surface area (Å²) in [5, 5.41) is 23.2. The van der Waals surface area contributed by atoms with Crippen molar-refractivity contribution in [2.75, 3.05) is 6.61 Å². The second-order valence-electron chi connectivity index (χ2n) is 18.0. The first-order chi connectivity index (χ1) is 36.2. The van der Waals surface area contributed by atoms with Gasteiger partial charge in [0.15, 0.2) is 47.8 Å². The van der Waals surface area contributed by atoms with Crippen molar-refractivity contribution in [3.63, 3.8) is 0 Å². The third-order valence-corrected chi connectivity index (χ3v) is 13.3. The van der Waals surface area contributed by atoms with E-state index in [1.54, 1.807) is 0 Å². The molecule has 12 rings (SSSR count). The molecular formula is C60H46O14. The van der Waals surface area contributed by atoms with Crippen molar-refractivity contribution in [2.45, 2.75) is 55.2 Å². The summed E-state index contributed by atoms with van der Waals surface area (Å²) in [5.41, 5.74) is 3.74. The number of benzene rings is 8. The van der Waals surface area contributed by atoms with Gasteiger partial charge in [0, 0.05) is 27.8 Å². The van der Waals surface area contributed by atoms with Crippen molar-refractivity contribution in [2.24, 2.45) is 0 Å². The summed E-state index contributed by atoms with van der Waals surface area (Å²) in [5.74, 6) is -5.57. The average molecular weight is 991 g/mol. The van der Waals surface area contributed by atoms with Gasteiger partial charge in [0.1, 0.15) is 12.2 Å². The van der Waals surface area contributed by atoms with Crippen LogP contribution in [0.5, 0.6) is 34.5 Å². The third-order valence-electron chi connectivity index (χ3n) is 13.3. The molecule has 0 bridgehead atoms. The van der Waals surface area contributed by atoms with Gasteiger partial charge in [-0.15, -0.1) is 0 Å². The fourth-order valence-electron chi connectivity index (χ4n) is 9.70. The normalized spacial score (nSPS) is 21.7. The number of carbonyl (C=O) groups excluding carboxylic acids is 2. The summed E-state index contributed by atoms with van der Waals surface area (Å²) in [4.78, 5) is 29.6. The minimum Gasteiger partial charge on any atom is -0.504 e. The Labute approximate surface area is 424 Å². The minimum absolute atomic E-state index is 0.00154. The minimum atomic E-state index is -1.53. The zero-order chi connectivity index (χ0) is 50.2. The zero-order valence-electron chi connectivity index (χ0n) is 39.3. The molecule has 0 saturated carbocycles. The van der Waals surface area contributed by atoms with Crippen LogP contribution in [0.25, 0.3) is 0 Å². The van der Waals surface area contributed by atoms with Gasteiger partial charge in [-0.25, -0.2) is 9.59 Å². The maximum atomic E-state index is 14.8. The Bertz CT molecular complexity index is 3210. The molecule has 2 saturated heterocycles. The number of aromatic hydroxyl groups is 2. The summed E-state index contributed by atoms with van der Waals surface area (Å²) < 4.78 is 64.9. The summed E-state index contributed by atoms with van der Waals surface area (Å²) in [6.07, 6.45) is -7.34. The van der Waals surface area contributed by atoms with Crippen molar-refractivity contribution in [3.8, 4) is 34.5 Å². The van der Waals surface area contributed by atoms with Crippen LogP contribution in [0, 0.1) is 0 Å². The van der Waals surface area contributed by atoms with E-state index in [4.69, 9.17) is 47.4 Å². The Morgan fingerprint density at radius 2 is 0.919 bits per heavy atom. The smallest absolute Gasteiger partial charge is 0.339 e. The summed E-state index contributed by atoms with van der Waals surface area (Å²) in [7, 11) is 0. The standard InChI is InChI=1S/C60H46O14/c61-45-31-39(33-47-50(45)73-59(71-47,41-23-11-3-12-24-41)42-25-13-4-14-26-42)55(63)68-53-52-49(36-66-57(70-52)38-21-9-2-10-22-38)67-58(65-35-37-19-7-1-8-20-37)54(53)69-56(64)40-32-46(62)51-48(34-40)72-60(74-51,43-27-15-5-16-28-43)44-29-17-6-18-30-44/h1-34,49,52-54,57-58,61-62H,35-36H2/t49-,52-,53+,54-,57-,58-/m1/s1. The van der Waals surface area contributed by atoms with Crippen LogP contribution >= 0.6 is 0 Å². The van der Waals surface area contributed by atoms with Gasteiger partial charge in [0.05, 0.1) is 24.3 Å². The highest BCUT2D eigenvalue weighted by Gasteiger charge is 2.55. The maximum Gasteiger partial charge on any atom is 0.339 e. The van der Waals surface area contributed by atoms with E-state index in [0.29, 0.717) is 27.8 Å². The van der Waals surface area contributed by atoms with E-state index >= 15 is 0 Å². The molecule has 6 atom stereocenters. The van der Waals surface area contributed by atoms with Crippen molar-refractivity contribution in [3.05, 3.63) is 251 Å². The first-order valence-corrected chi connectivity index (χ1v) is 24.0. The van der Waals surface area contributed by atoms with E-state index in [-0.39, 0.29) is 47.3 Å². The number of carbonyl (C=O) groups is 2. The Hall–Kier alpha value is -8.66. The van der Waals surface area contributed by atoms with E-state index in [9.17, 15) is 19.8 Å². The number of ether oxygens (including phenoxy) is 10. The van der Waals surface area contributed by atoms with Crippen molar-refractivity contribution >= 4 is 11.9 Å². The zero-order valence-corrected chi connectivity index (χ0v) is 39.3. The molecule has 4 aliphatic rings. The molecule has 74 heavy (non-hydrogen) atoms. The van der Waals surface area contributed by atoms with Gasteiger partial charge in [-0.2, -0.15) is 0 Å². The van der Waals surface area contributed by atoms with Crippen LogP contribution in [0.3, 0.4) is 0 Å². The Balaban J connectivity index is 0.903. The van der Waals surface area contributed by atoms with Gasteiger partial charge in [0.2, 0.25) is 11.5 Å². The Kier molecular flexibility index (Phi) is 12.2. The van der Waals surface area contributed by atoms with Crippen LogP contribution in [-0.2, 0) is 46.6 Å². The number of hydrogen-bond acceptors (Lipinski definition) is 14. The van der Waals surface area contributed by atoms with Crippen LogP contribution in [0.1, 0.15) is 60.4 Å². The summed E-state index contributed by atoms with van der Waals surface area (Å²) >= 11 is 0. The predicted octanol–water partition coefficient (Wildman–Crippen LogP) is 10.2. The fraction of sp³-hybridized carbons (Fsp3) is 0.167. The molecule has 0 spiro atoms. The molecule has 0 radical (unpaired) electrons. The average Bonchev–Trinajstić information content (AvgIpc) is 4.07. The topological polar surface area (TPSA) is 167 Å². The fourth-order valence-corrected chi connectivity index (χ4v) is 9.70. The largest absolute Gasteiger partial charge is 0.504 e. The molecule has 14 nitrogen and oxygen atoms in total. The molecule has 0 aromatic heterocycles. The van der Waals surface area contributed by atoms with Gasteiger partial charge < -0.3 is 57.6 Å². The summed E-state index contributed by atoms with van der Waals surface area (Å²) in [6, 6.07) is 60.7. The van der Waals surface area contributed by atoms with E-state index in [0.717, 1.165) is 5.56 Å². The molecule has 14 heteroatoms. The predicted molar refractivity (Wildman–Crippen MR) is 264 cm³/mol. The van der Waals surface area contributed by atoms with E-state index in [1.165, 1.54) is 24.3 Å². The molecule has 0 amide bonds. The number of rotatable bonds is 12. The van der Waals surface area contributed by atoms with Crippen molar-refractivity contribution < 1.29 is 67.2 Å². The highest BCUT2D eigenvalue weighted by atomic mass is 16.8. The highest BCUT2D eigenvalue weighted by molar-refractivity contribution is 5.92. The lowest BCUT2D eigenvalue weighted by Crippen LogP contribution is -2.64. The lowest BCUT2D eigenvalue weighted by molar-refractivity contribution is -0.361. The van der Waals surface area contributed by atoms with Crippen LogP contribution in [0.2, 0.25) is 0 Å². The first-order valence-electron chi connectivity index (χ1n) is 24.0. The maximum absolute atomic E-state index is 14.8. The van der Waals surface area contributed by atoms with Gasteiger partial charge in [-0.05, 0) is 29.8 Å². The van der Waals surface area contributed by atoms with Gasteiger partial charge in [-0.1, -0.05) is 182 Å². The molecule has 370 valence electrons. The van der Waals surface area contributed by atoms with Gasteiger partial charge in [0.25, 0.3) is 0 Å². The molecule has 4 heterocycles. The van der Waals surface area contributed by atoms with Crippen molar-refractivity contribution in [1.29, 1.82) is 0 Å². The van der Waals surface area contributed by atoms with Gasteiger partial charge >= 0.3 is 23.5 Å². The first kappa shape index (κ1) is 46.4. The molecule has 0 aliphatic carbocycles. The Morgan fingerprint density at radius 1 is 0.500 bits per heavy atom. The molecule has 2 fully saturated rings. The van der Waals surface area contributed by atoms with Crippen molar-refractivity contribution in [1.82, 2.24) is 0 Å². The van der Waals surface area contributed by atoms with E-state index in [1.807, 2.05) is 182 Å². The Morgan fingerprint density at radius 3 is 1.38 bits per heavy atom. The quantitative estimate of drug-likeness (QED) is 0.111. The lowest BCUT2D eigenvalue weighted by atomic mass is 9.96. The number of hydrogen-bond donors (Lipinski definition) is 2. The third kappa shape index (κ3) is 8.58. The monoisotopic (exact) mass is 990 g/mol.